The van der Waals surface area contributed by atoms with Gasteiger partial charge >= 0.3 is 0 Å². The molecule has 0 aromatic heterocycles. The minimum absolute atomic E-state index is 0.0276. The van der Waals surface area contributed by atoms with Crippen LogP contribution in [0.4, 0.5) is 0 Å². The Morgan fingerprint density at radius 3 is 2.39 bits per heavy atom. The quantitative estimate of drug-likeness (QED) is 0.855. The Bertz CT molecular complexity index is 653. The number of carbonyl (C=O) groups excluding carboxylic acids is 1. The molecule has 1 amide bonds. The minimum atomic E-state index is -0.0276. The predicted octanol–water partition coefficient (Wildman–Crippen LogP) is 3.72. The zero-order valence-corrected chi connectivity index (χ0v) is 13.7. The zero-order valence-electron chi connectivity index (χ0n) is 13.0. The van der Waals surface area contributed by atoms with Crippen LogP contribution in [0.25, 0.3) is 0 Å². The Labute approximate surface area is 141 Å². The first-order valence-corrected chi connectivity index (χ1v) is 8.28. The fourth-order valence-corrected chi connectivity index (χ4v) is 3.23. The smallest absolute Gasteiger partial charge is 0.223 e. The molecule has 1 aliphatic rings. The van der Waals surface area contributed by atoms with Crippen molar-refractivity contribution in [3.63, 3.8) is 0 Å². The molecule has 0 saturated carbocycles. The maximum atomic E-state index is 12.7. The standard InChI is InChI=1S/C19H20ClNO2/c20-18-9-5-4-8-16(18)17(15-6-2-1-3-7-15)14-19(22)21-10-12-23-13-11-21/h1-9,17H,10-14H2/t17-/m1/s1. The van der Waals surface area contributed by atoms with Crippen LogP contribution in [0.5, 0.6) is 0 Å². The lowest BCUT2D eigenvalue weighted by molar-refractivity contribution is -0.135. The fraction of sp³-hybridized carbons (Fsp3) is 0.316. The molecule has 1 aliphatic heterocycles. The number of halogens is 1. The van der Waals surface area contributed by atoms with Crippen LogP contribution in [-0.2, 0) is 9.53 Å². The monoisotopic (exact) mass is 329 g/mol. The van der Waals surface area contributed by atoms with Crippen molar-refractivity contribution in [1.29, 1.82) is 0 Å². The van der Waals surface area contributed by atoms with Gasteiger partial charge in [0.05, 0.1) is 13.2 Å². The number of morpholine rings is 1. The molecule has 2 aromatic rings. The van der Waals surface area contributed by atoms with E-state index in [2.05, 4.69) is 12.1 Å². The number of amides is 1. The summed E-state index contributed by atoms with van der Waals surface area (Å²) < 4.78 is 5.33. The molecule has 3 rings (SSSR count). The summed E-state index contributed by atoms with van der Waals surface area (Å²) in [5.41, 5.74) is 2.11. The fourth-order valence-electron chi connectivity index (χ4n) is 2.97. The molecule has 0 bridgehead atoms. The van der Waals surface area contributed by atoms with Crippen molar-refractivity contribution < 1.29 is 9.53 Å². The molecule has 1 saturated heterocycles. The van der Waals surface area contributed by atoms with Crippen molar-refractivity contribution in [2.75, 3.05) is 26.3 Å². The summed E-state index contributed by atoms with van der Waals surface area (Å²) in [7, 11) is 0. The van der Waals surface area contributed by atoms with Crippen LogP contribution in [0.3, 0.4) is 0 Å². The van der Waals surface area contributed by atoms with Crippen molar-refractivity contribution in [1.82, 2.24) is 4.90 Å². The topological polar surface area (TPSA) is 29.5 Å². The highest BCUT2D eigenvalue weighted by molar-refractivity contribution is 6.31. The SMILES string of the molecule is O=C(C[C@H](c1ccccc1)c1ccccc1Cl)N1CCOCC1. The summed E-state index contributed by atoms with van der Waals surface area (Å²) in [6.07, 6.45) is 0.424. The van der Waals surface area contributed by atoms with Crippen LogP contribution < -0.4 is 0 Å². The number of ether oxygens (including phenoxy) is 1. The number of benzene rings is 2. The molecule has 2 aromatic carbocycles. The van der Waals surface area contributed by atoms with Gasteiger partial charge in [0.15, 0.2) is 0 Å². The van der Waals surface area contributed by atoms with Crippen LogP contribution in [-0.4, -0.2) is 37.1 Å². The third-order valence-corrected chi connectivity index (χ3v) is 4.57. The van der Waals surface area contributed by atoms with Gasteiger partial charge in [-0.25, -0.2) is 0 Å². The molecule has 0 radical (unpaired) electrons. The van der Waals surface area contributed by atoms with Crippen LogP contribution >= 0.6 is 11.6 Å². The second kappa shape index (κ2) is 7.62. The van der Waals surface area contributed by atoms with E-state index in [4.69, 9.17) is 16.3 Å². The van der Waals surface area contributed by atoms with E-state index in [1.165, 1.54) is 0 Å². The van der Waals surface area contributed by atoms with E-state index in [-0.39, 0.29) is 11.8 Å². The lowest BCUT2D eigenvalue weighted by Crippen LogP contribution is -2.41. The summed E-state index contributed by atoms with van der Waals surface area (Å²) in [5, 5.41) is 0.705. The first-order valence-electron chi connectivity index (χ1n) is 7.90. The Hall–Kier alpha value is -1.84. The highest BCUT2D eigenvalue weighted by Gasteiger charge is 2.24. The highest BCUT2D eigenvalue weighted by Crippen LogP contribution is 2.33. The number of rotatable bonds is 4. The van der Waals surface area contributed by atoms with Gasteiger partial charge in [-0.3, -0.25) is 4.79 Å². The molecule has 3 nitrogen and oxygen atoms in total. The largest absolute Gasteiger partial charge is 0.378 e. The molecule has 23 heavy (non-hydrogen) atoms. The van der Waals surface area contributed by atoms with Gasteiger partial charge in [-0.2, -0.15) is 0 Å². The number of hydrogen-bond acceptors (Lipinski definition) is 2. The van der Waals surface area contributed by atoms with Crippen molar-refractivity contribution in [2.45, 2.75) is 12.3 Å². The lowest BCUT2D eigenvalue weighted by atomic mass is 9.88. The van der Waals surface area contributed by atoms with Gasteiger partial charge in [0.1, 0.15) is 0 Å². The van der Waals surface area contributed by atoms with E-state index in [0.29, 0.717) is 37.7 Å². The average Bonchev–Trinajstić information content (AvgIpc) is 2.62. The van der Waals surface area contributed by atoms with Crippen molar-refractivity contribution >= 4 is 17.5 Å². The zero-order chi connectivity index (χ0) is 16.1. The molecule has 0 aliphatic carbocycles. The van der Waals surface area contributed by atoms with Crippen LogP contribution in [0.15, 0.2) is 54.6 Å². The molecule has 0 spiro atoms. The van der Waals surface area contributed by atoms with Gasteiger partial charge in [-0.05, 0) is 17.2 Å². The van der Waals surface area contributed by atoms with E-state index in [0.717, 1.165) is 11.1 Å². The molecule has 4 heteroatoms. The molecule has 1 atom stereocenters. The Kier molecular flexibility index (Phi) is 5.31. The van der Waals surface area contributed by atoms with E-state index < -0.39 is 0 Å². The third-order valence-electron chi connectivity index (χ3n) is 4.23. The first kappa shape index (κ1) is 16.0. The van der Waals surface area contributed by atoms with Crippen molar-refractivity contribution in [2.24, 2.45) is 0 Å². The second-order valence-electron chi connectivity index (χ2n) is 5.68. The summed E-state index contributed by atoms with van der Waals surface area (Å²) in [5.74, 6) is 0.127. The van der Waals surface area contributed by atoms with E-state index >= 15 is 0 Å². The van der Waals surface area contributed by atoms with Gasteiger partial charge in [0, 0.05) is 30.5 Å². The predicted molar refractivity (Wildman–Crippen MR) is 91.8 cm³/mol. The number of hydrogen-bond donors (Lipinski definition) is 0. The number of nitrogens with zero attached hydrogens (tertiary/aromatic N) is 1. The maximum absolute atomic E-state index is 12.7. The molecule has 1 fully saturated rings. The molecule has 1 heterocycles. The van der Waals surface area contributed by atoms with E-state index in [1.807, 2.05) is 47.4 Å². The summed E-state index contributed by atoms with van der Waals surface area (Å²) in [4.78, 5) is 14.6. The molecule has 0 unspecified atom stereocenters. The first-order chi connectivity index (χ1) is 11.3. The van der Waals surface area contributed by atoms with Gasteiger partial charge in [0.25, 0.3) is 0 Å². The average molecular weight is 330 g/mol. The van der Waals surface area contributed by atoms with Gasteiger partial charge in [-0.1, -0.05) is 60.1 Å². The Balaban J connectivity index is 1.87. The molecular formula is C19H20ClNO2. The van der Waals surface area contributed by atoms with Crippen LogP contribution in [0, 0.1) is 0 Å². The van der Waals surface area contributed by atoms with Crippen LogP contribution in [0.2, 0.25) is 5.02 Å². The third kappa shape index (κ3) is 3.92. The summed E-state index contributed by atoms with van der Waals surface area (Å²) in [6.45, 7) is 2.58. The van der Waals surface area contributed by atoms with Crippen molar-refractivity contribution in [3.05, 3.63) is 70.7 Å². The normalized spacial score (nSPS) is 16.1. The minimum Gasteiger partial charge on any atom is -0.378 e. The Morgan fingerprint density at radius 1 is 1.04 bits per heavy atom. The van der Waals surface area contributed by atoms with Crippen molar-refractivity contribution in [3.8, 4) is 0 Å². The molecule has 120 valence electrons. The lowest BCUT2D eigenvalue weighted by Gasteiger charge is -2.29. The number of carbonyl (C=O) groups is 1. The second-order valence-corrected chi connectivity index (χ2v) is 6.09. The molecule has 0 N–H and O–H groups in total. The van der Waals surface area contributed by atoms with Gasteiger partial charge in [0.2, 0.25) is 5.91 Å². The maximum Gasteiger partial charge on any atom is 0.223 e. The van der Waals surface area contributed by atoms with Gasteiger partial charge in [-0.15, -0.1) is 0 Å². The summed E-state index contributed by atoms with van der Waals surface area (Å²) >= 11 is 6.39. The van der Waals surface area contributed by atoms with Crippen LogP contribution in [0.1, 0.15) is 23.5 Å². The Morgan fingerprint density at radius 2 is 1.70 bits per heavy atom. The van der Waals surface area contributed by atoms with Gasteiger partial charge < -0.3 is 9.64 Å². The van der Waals surface area contributed by atoms with E-state index in [1.54, 1.807) is 0 Å². The highest BCUT2D eigenvalue weighted by atomic mass is 35.5. The summed E-state index contributed by atoms with van der Waals surface area (Å²) in [6, 6.07) is 17.9. The molecular weight excluding hydrogens is 310 g/mol. The van der Waals surface area contributed by atoms with E-state index in [9.17, 15) is 4.79 Å².